The monoisotopic (exact) mass is 537 g/mol. The Kier molecular flexibility index (Phi) is 7.23. The van der Waals surface area contributed by atoms with E-state index in [0.717, 1.165) is 24.4 Å². The summed E-state index contributed by atoms with van der Waals surface area (Å²) in [5, 5.41) is 27.7. The molecule has 5 heterocycles. The standard InChI is InChI=1S/C25H31N9O3S/c1-16-19(11-17(12-27-16)22(36)26-6-8-32-7-4-5-25(32,2)3)30-23(37)18-13-28-33-15-21(38-24(18)33)20-14-29-34(31-20)9-10-35/h11-15,35H,4-10H2,1-3H3,(H,26,36)(H,30,37). The molecule has 4 aromatic heterocycles. The SMILES string of the molecule is Cc1ncc(C(=O)NCCN2CCCC2(C)C)cc1NC(=O)c1cnn2cc(-c3cnn(CCO)n3)sc12. The first kappa shape index (κ1) is 25.9. The number of fused-ring (bicyclic) bond motifs is 1. The molecule has 38 heavy (non-hydrogen) atoms. The number of nitrogens with zero attached hydrogens (tertiary/aromatic N) is 7. The van der Waals surface area contributed by atoms with Crippen LogP contribution >= 0.6 is 11.3 Å². The Bertz CT molecular complexity index is 1470. The molecule has 3 N–H and O–H groups in total. The van der Waals surface area contributed by atoms with Gasteiger partial charge in [-0.15, -0.1) is 11.3 Å². The number of anilines is 1. The molecule has 0 bridgehead atoms. The van der Waals surface area contributed by atoms with Crippen LogP contribution in [0.3, 0.4) is 0 Å². The van der Waals surface area contributed by atoms with Gasteiger partial charge in [0.2, 0.25) is 0 Å². The van der Waals surface area contributed by atoms with Crippen molar-refractivity contribution >= 4 is 33.7 Å². The normalized spacial score (nSPS) is 15.3. The molecule has 0 radical (unpaired) electrons. The van der Waals surface area contributed by atoms with E-state index in [1.807, 2.05) is 0 Å². The molecule has 0 aromatic carbocycles. The zero-order valence-corrected chi connectivity index (χ0v) is 22.5. The number of carbonyl (C=O) groups excluding carboxylic acids is 2. The van der Waals surface area contributed by atoms with E-state index in [1.165, 1.54) is 34.9 Å². The zero-order valence-electron chi connectivity index (χ0n) is 21.6. The van der Waals surface area contributed by atoms with E-state index in [9.17, 15) is 9.59 Å². The number of aryl methyl sites for hydroxylation is 1. The lowest BCUT2D eigenvalue weighted by Crippen LogP contribution is -2.43. The number of hydrogen-bond acceptors (Lipinski definition) is 9. The molecular formula is C25H31N9O3S. The summed E-state index contributed by atoms with van der Waals surface area (Å²) in [5.41, 5.74) is 2.64. The maximum Gasteiger partial charge on any atom is 0.260 e. The molecule has 0 aliphatic carbocycles. The lowest BCUT2D eigenvalue weighted by molar-refractivity contribution is 0.0938. The number of nitrogens with one attached hydrogen (secondary N) is 2. The highest BCUT2D eigenvalue weighted by molar-refractivity contribution is 7.21. The Balaban J connectivity index is 1.26. The fraction of sp³-hybridized carbons (Fsp3) is 0.440. The summed E-state index contributed by atoms with van der Waals surface area (Å²) >= 11 is 1.36. The molecule has 5 rings (SSSR count). The van der Waals surface area contributed by atoms with Crippen LogP contribution < -0.4 is 10.6 Å². The Morgan fingerprint density at radius 2 is 2.00 bits per heavy atom. The third-order valence-electron chi connectivity index (χ3n) is 6.87. The average molecular weight is 538 g/mol. The van der Waals surface area contributed by atoms with Crippen molar-refractivity contribution in [1.29, 1.82) is 0 Å². The van der Waals surface area contributed by atoms with Crippen molar-refractivity contribution in [2.24, 2.45) is 0 Å². The van der Waals surface area contributed by atoms with E-state index >= 15 is 0 Å². The van der Waals surface area contributed by atoms with Gasteiger partial charge in [-0.1, -0.05) is 0 Å². The Morgan fingerprint density at radius 1 is 1.16 bits per heavy atom. The third kappa shape index (κ3) is 5.30. The fourth-order valence-corrected chi connectivity index (χ4v) is 5.63. The summed E-state index contributed by atoms with van der Waals surface area (Å²) in [6.45, 7) is 8.87. The molecule has 1 aliphatic rings. The van der Waals surface area contributed by atoms with Gasteiger partial charge in [-0.3, -0.25) is 19.5 Å². The molecule has 1 saturated heterocycles. The van der Waals surface area contributed by atoms with E-state index < -0.39 is 0 Å². The summed E-state index contributed by atoms with van der Waals surface area (Å²) in [4.78, 5) is 35.6. The van der Waals surface area contributed by atoms with Gasteiger partial charge >= 0.3 is 0 Å². The first-order valence-corrected chi connectivity index (χ1v) is 13.4. The van der Waals surface area contributed by atoms with Gasteiger partial charge in [0.25, 0.3) is 11.8 Å². The third-order valence-corrected chi connectivity index (χ3v) is 8.00. The molecule has 0 atom stereocenters. The van der Waals surface area contributed by atoms with Crippen LogP contribution in [0.4, 0.5) is 5.69 Å². The van der Waals surface area contributed by atoms with Gasteiger partial charge in [0, 0.05) is 31.0 Å². The van der Waals surface area contributed by atoms with Crippen LogP contribution in [0.15, 0.2) is 30.9 Å². The van der Waals surface area contributed by atoms with Gasteiger partial charge in [-0.25, -0.2) is 4.52 Å². The smallest absolute Gasteiger partial charge is 0.260 e. The minimum atomic E-state index is -0.351. The number of aromatic nitrogens is 6. The minimum absolute atomic E-state index is 0.0553. The van der Waals surface area contributed by atoms with Crippen LogP contribution in [-0.4, -0.2) is 83.2 Å². The summed E-state index contributed by atoms with van der Waals surface area (Å²) < 4.78 is 1.62. The average Bonchev–Trinajstić information content (AvgIpc) is 3.65. The number of rotatable bonds is 9. The number of likely N-dealkylation sites (tertiary alicyclic amines) is 1. The summed E-state index contributed by atoms with van der Waals surface area (Å²) in [6, 6.07) is 1.65. The van der Waals surface area contributed by atoms with Gasteiger partial charge < -0.3 is 15.7 Å². The predicted molar refractivity (Wildman–Crippen MR) is 143 cm³/mol. The van der Waals surface area contributed by atoms with Crippen molar-refractivity contribution in [2.75, 3.05) is 31.6 Å². The van der Waals surface area contributed by atoms with E-state index in [-0.39, 0.29) is 24.0 Å². The van der Waals surface area contributed by atoms with E-state index in [0.29, 0.717) is 46.1 Å². The number of hydrogen-bond donors (Lipinski definition) is 3. The summed E-state index contributed by atoms with van der Waals surface area (Å²) in [5.74, 6) is -0.578. The van der Waals surface area contributed by atoms with Gasteiger partial charge in [0.1, 0.15) is 10.5 Å². The zero-order chi connectivity index (χ0) is 26.9. The van der Waals surface area contributed by atoms with Crippen LogP contribution in [-0.2, 0) is 6.54 Å². The molecule has 13 heteroatoms. The van der Waals surface area contributed by atoms with Gasteiger partial charge in [-0.05, 0) is 46.2 Å². The number of pyridine rings is 1. The highest BCUT2D eigenvalue weighted by Gasteiger charge is 2.31. The molecule has 1 aliphatic heterocycles. The van der Waals surface area contributed by atoms with Crippen LogP contribution in [0.5, 0.6) is 0 Å². The lowest BCUT2D eigenvalue weighted by atomic mass is 10.0. The van der Waals surface area contributed by atoms with Crippen LogP contribution in [0.1, 0.15) is 53.1 Å². The summed E-state index contributed by atoms with van der Waals surface area (Å²) in [6.07, 6.45) is 8.76. The predicted octanol–water partition coefficient (Wildman–Crippen LogP) is 2.21. The molecular weight excluding hydrogens is 506 g/mol. The second kappa shape index (κ2) is 10.6. The highest BCUT2D eigenvalue weighted by Crippen LogP contribution is 2.30. The van der Waals surface area contributed by atoms with Gasteiger partial charge in [0.15, 0.2) is 0 Å². The molecule has 2 amide bonds. The van der Waals surface area contributed by atoms with Crippen LogP contribution in [0.25, 0.3) is 15.4 Å². The Hall–Kier alpha value is -3.68. The van der Waals surface area contributed by atoms with Crippen molar-refractivity contribution in [3.63, 3.8) is 0 Å². The first-order chi connectivity index (χ1) is 18.2. The molecule has 12 nitrogen and oxygen atoms in total. The summed E-state index contributed by atoms with van der Waals surface area (Å²) in [7, 11) is 0. The Labute approximate surface area is 223 Å². The van der Waals surface area contributed by atoms with E-state index in [1.54, 1.807) is 29.9 Å². The molecule has 200 valence electrons. The maximum absolute atomic E-state index is 13.2. The minimum Gasteiger partial charge on any atom is -0.394 e. The molecule has 0 unspecified atom stereocenters. The molecule has 0 spiro atoms. The largest absolute Gasteiger partial charge is 0.394 e. The van der Waals surface area contributed by atoms with Crippen molar-refractivity contribution in [2.45, 2.75) is 45.7 Å². The second-order valence-corrected chi connectivity index (χ2v) is 11.0. The van der Waals surface area contributed by atoms with Crippen LogP contribution in [0.2, 0.25) is 0 Å². The number of amides is 2. The molecule has 1 fully saturated rings. The number of carbonyl (C=O) groups is 2. The van der Waals surface area contributed by atoms with Gasteiger partial charge in [-0.2, -0.15) is 20.1 Å². The quantitative estimate of drug-likeness (QED) is 0.295. The fourth-order valence-electron chi connectivity index (χ4n) is 4.63. The van der Waals surface area contributed by atoms with Crippen molar-refractivity contribution in [1.82, 2.24) is 39.8 Å². The number of thiazole rings is 1. The van der Waals surface area contributed by atoms with Gasteiger partial charge in [0.05, 0.1) is 52.9 Å². The van der Waals surface area contributed by atoms with E-state index in [4.69, 9.17) is 5.11 Å². The van der Waals surface area contributed by atoms with Crippen LogP contribution in [0, 0.1) is 6.92 Å². The lowest BCUT2D eigenvalue weighted by Gasteiger charge is -2.31. The molecule has 0 saturated carbocycles. The van der Waals surface area contributed by atoms with E-state index in [2.05, 4.69) is 49.7 Å². The molecule has 4 aromatic rings. The second-order valence-electron chi connectivity index (χ2n) is 9.92. The number of aliphatic hydroxyl groups is 1. The topological polar surface area (TPSA) is 143 Å². The maximum atomic E-state index is 13.2. The van der Waals surface area contributed by atoms with Crippen molar-refractivity contribution in [3.05, 3.63) is 47.7 Å². The first-order valence-electron chi connectivity index (χ1n) is 12.5. The van der Waals surface area contributed by atoms with Crippen molar-refractivity contribution < 1.29 is 14.7 Å². The Morgan fingerprint density at radius 3 is 2.76 bits per heavy atom. The van der Waals surface area contributed by atoms with Crippen molar-refractivity contribution in [3.8, 4) is 10.6 Å². The number of aliphatic hydroxyl groups excluding tert-OH is 1. The highest BCUT2D eigenvalue weighted by atomic mass is 32.1.